The molecular weight excluding hydrogens is 342 g/mol. The first-order chi connectivity index (χ1) is 13.1. The minimum atomic E-state index is 0.186. The second-order valence-corrected chi connectivity index (χ2v) is 6.24. The minimum Gasteiger partial charge on any atom is -0.504 e. The van der Waals surface area contributed by atoms with Crippen LogP contribution < -0.4 is 14.8 Å². The van der Waals surface area contributed by atoms with Crippen molar-refractivity contribution >= 4 is 0 Å². The summed E-state index contributed by atoms with van der Waals surface area (Å²) < 4.78 is 12.5. The van der Waals surface area contributed by atoms with Crippen LogP contribution in [0.5, 0.6) is 17.2 Å². The molecule has 3 rings (SSSR count). The maximum absolute atomic E-state index is 10.1. The second-order valence-electron chi connectivity index (χ2n) is 6.24. The minimum absolute atomic E-state index is 0.186. The zero-order valence-electron chi connectivity index (χ0n) is 15.9. The number of methoxy groups -OCH3 is 2. The van der Waals surface area contributed by atoms with Crippen LogP contribution in [0.4, 0.5) is 0 Å². The van der Waals surface area contributed by atoms with Gasteiger partial charge in [-0.15, -0.1) is 0 Å². The summed E-state index contributed by atoms with van der Waals surface area (Å²) in [5.41, 5.74) is 2.98. The van der Waals surface area contributed by atoms with E-state index < -0.39 is 0 Å². The second kappa shape index (κ2) is 8.60. The summed E-state index contributed by atoms with van der Waals surface area (Å²) in [5, 5.41) is 13.5. The fourth-order valence-electron chi connectivity index (χ4n) is 3.01. The number of aromatic hydroxyl groups is 1. The van der Waals surface area contributed by atoms with Gasteiger partial charge in [-0.2, -0.15) is 0 Å². The molecule has 27 heavy (non-hydrogen) atoms. The van der Waals surface area contributed by atoms with Gasteiger partial charge in [-0.3, -0.25) is 0 Å². The van der Waals surface area contributed by atoms with Crippen LogP contribution in [0.2, 0.25) is 0 Å². The van der Waals surface area contributed by atoms with Gasteiger partial charge in [-0.05, 0) is 30.3 Å². The molecule has 0 bridgehead atoms. The van der Waals surface area contributed by atoms with Crippen LogP contribution >= 0.6 is 0 Å². The molecule has 0 radical (unpaired) electrons. The van der Waals surface area contributed by atoms with E-state index in [1.54, 1.807) is 20.3 Å². The summed E-state index contributed by atoms with van der Waals surface area (Å²) in [7, 11) is 5.24. The van der Waals surface area contributed by atoms with Crippen molar-refractivity contribution in [1.82, 2.24) is 14.9 Å². The van der Waals surface area contributed by atoms with E-state index in [4.69, 9.17) is 9.47 Å². The quantitative estimate of drug-likeness (QED) is 0.599. The van der Waals surface area contributed by atoms with Gasteiger partial charge in [-0.25, -0.2) is 4.98 Å². The summed E-state index contributed by atoms with van der Waals surface area (Å²) in [6.07, 6.45) is 2.68. The molecule has 0 fully saturated rings. The topological polar surface area (TPSA) is 68.5 Å². The number of imidazole rings is 1. The van der Waals surface area contributed by atoms with Crippen molar-refractivity contribution in [2.75, 3.05) is 20.8 Å². The van der Waals surface area contributed by atoms with Crippen LogP contribution in [0.3, 0.4) is 0 Å². The van der Waals surface area contributed by atoms with Crippen LogP contribution in [-0.4, -0.2) is 35.4 Å². The van der Waals surface area contributed by atoms with E-state index in [2.05, 4.69) is 14.9 Å². The number of ether oxygens (including phenoxy) is 2. The fraction of sp³-hybridized carbons (Fsp3) is 0.286. The first kappa shape index (κ1) is 18.8. The van der Waals surface area contributed by atoms with E-state index in [0.717, 1.165) is 41.4 Å². The maximum Gasteiger partial charge on any atom is 0.162 e. The number of para-hydroxylation sites is 1. The Morgan fingerprint density at radius 1 is 1.07 bits per heavy atom. The molecule has 2 aromatic carbocycles. The van der Waals surface area contributed by atoms with Gasteiger partial charge in [0.25, 0.3) is 0 Å². The fourth-order valence-corrected chi connectivity index (χ4v) is 3.01. The Morgan fingerprint density at radius 3 is 2.56 bits per heavy atom. The zero-order valence-corrected chi connectivity index (χ0v) is 15.9. The van der Waals surface area contributed by atoms with Gasteiger partial charge in [0.2, 0.25) is 0 Å². The number of phenols is 1. The van der Waals surface area contributed by atoms with Crippen LogP contribution in [-0.2, 0) is 20.0 Å². The van der Waals surface area contributed by atoms with Crippen molar-refractivity contribution in [3.05, 3.63) is 60.0 Å². The Hall–Kier alpha value is -2.99. The highest BCUT2D eigenvalue weighted by Gasteiger charge is 2.10. The van der Waals surface area contributed by atoms with Crippen LogP contribution in [0.15, 0.2) is 48.7 Å². The number of aromatic nitrogens is 2. The molecule has 2 N–H and O–H groups in total. The molecule has 0 spiro atoms. The van der Waals surface area contributed by atoms with Gasteiger partial charge < -0.3 is 24.5 Å². The standard InChI is InChI=1S/C21H25N3O3/c1-24-18(15-7-9-17(26-2)10-8-15)14-23-20(24)11-12-22-13-16-5-4-6-19(27-3)21(16)25/h4-10,14,22,25H,11-13H2,1-3H3. The van der Waals surface area contributed by atoms with Crippen molar-refractivity contribution in [2.45, 2.75) is 13.0 Å². The predicted molar refractivity (Wildman–Crippen MR) is 105 cm³/mol. The number of hydrogen-bond acceptors (Lipinski definition) is 5. The average Bonchev–Trinajstić information content (AvgIpc) is 3.07. The van der Waals surface area contributed by atoms with E-state index in [1.807, 2.05) is 49.6 Å². The Kier molecular flexibility index (Phi) is 5.98. The molecule has 0 atom stereocenters. The lowest BCUT2D eigenvalue weighted by Crippen LogP contribution is -2.18. The lowest BCUT2D eigenvalue weighted by Gasteiger charge is -2.10. The first-order valence-corrected chi connectivity index (χ1v) is 8.84. The van der Waals surface area contributed by atoms with Crippen molar-refractivity contribution in [1.29, 1.82) is 0 Å². The van der Waals surface area contributed by atoms with Crippen molar-refractivity contribution < 1.29 is 14.6 Å². The third-order valence-electron chi connectivity index (χ3n) is 4.61. The summed E-state index contributed by atoms with van der Waals surface area (Å²) in [5.74, 6) is 2.52. The number of hydrogen-bond donors (Lipinski definition) is 2. The molecule has 1 aromatic heterocycles. The highest BCUT2D eigenvalue weighted by Crippen LogP contribution is 2.29. The third-order valence-corrected chi connectivity index (χ3v) is 4.61. The number of rotatable bonds is 8. The molecule has 0 saturated carbocycles. The number of benzene rings is 2. The van der Waals surface area contributed by atoms with E-state index in [-0.39, 0.29) is 5.75 Å². The predicted octanol–water partition coefficient (Wildman–Crippen LogP) is 3.14. The Bertz CT molecular complexity index is 888. The summed E-state index contributed by atoms with van der Waals surface area (Å²) in [6.45, 7) is 1.32. The Balaban J connectivity index is 1.58. The normalized spacial score (nSPS) is 10.8. The van der Waals surface area contributed by atoms with E-state index in [0.29, 0.717) is 12.3 Å². The monoisotopic (exact) mass is 367 g/mol. The summed E-state index contributed by atoms with van der Waals surface area (Å²) in [4.78, 5) is 4.55. The van der Waals surface area contributed by atoms with E-state index >= 15 is 0 Å². The first-order valence-electron chi connectivity index (χ1n) is 8.84. The van der Waals surface area contributed by atoms with Gasteiger partial charge in [0, 0.05) is 37.7 Å². The molecule has 142 valence electrons. The van der Waals surface area contributed by atoms with Gasteiger partial charge in [-0.1, -0.05) is 12.1 Å². The van der Waals surface area contributed by atoms with E-state index in [1.165, 1.54) is 0 Å². The van der Waals surface area contributed by atoms with Crippen molar-refractivity contribution in [3.63, 3.8) is 0 Å². The summed E-state index contributed by atoms with van der Waals surface area (Å²) >= 11 is 0. The molecular formula is C21H25N3O3. The molecule has 0 saturated heterocycles. The van der Waals surface area contributed by atoms with Crippen LogP contribution in [0.1, 0.15) is 11.4 Å². The van der Waals surface area contributed by atoms with Crippen LogP contribution in [0, 0.1) is 0 Å². The molecule has 0 aliphatic carbocycles. The SMILES string of the molecule is COc1ccc(-c2cnc(CCNCc3cccc(OC)c3O)n2C)cc1. The molecule has 6 heteroatoms. The van der Waals surface area contributed by atoms with E-state index in [9.17, 15) is 5.11 Å². The zero-order chi connectivity index (χ0) is 19.2. The van der Waals surface area contributed by atoms with Crippen molar-refractivity contribution in [3.8, 4) is 28.5 Å². The highest BCUT2D eigenvalue weighted by molar-refractivity contribution is 5.60. The van der Waals surface area contributed by atoms with Crippen molar-refractivity contribution in [2.24, 2.45) is 7.05 Å². The number of nitrogens with zero attached hydrogens (tertiary/aromatic N) is 2. The van der Waals surface area contributed by atoms with Gasteiger partial charge in [0.1, 0.15) is 11.6 Å². The molecule has 0 aliphatic heterocycles. The average molecular weight is 367 g/mol. The molecule has 0 unspecified atom stereocenters. The van der Waals surface area contributed by atoms with Crippen LogP contribution in [0.25, 0.3) is 11.3 Å². The van der Waals surface area contributed by atoms with Gasteiger partial charge >= 0.3 is 0 Å². The third kappa shape index (κ3) is 4.23. The maximum atomic E-state index is 10.1. The molecule has 6 nitrogen and oxygen atoms in total. The highest BCUT2D eigenvalue weighted by atomic mass is 16.5. The lowest BCUT2D eigenvalue weighted by atomic mass is 10.1. The van der Waals surface area contributed by atoms with Gasteiger partial charge in [0.05, 0.1) is 26.1 Å². The lowest BCUT2D eigenvalue weighted by molar-refractivity contribution is 0.369. The molecule has 0 amide bonds. The number of nitrogens with one attached hydrogen (secondary N) is 1. The largest absolute Gasteiger partial charge is 0.504 e. The van der Waals surface area contributed by atoms with Gasteiger partial charge in [0.15, 0.2) is 11.5 Å². The molecule has 1 heterocycles. The molecule has 0 aliphatic rings. The molecule has 3 aromatic rings. The number of phenolic OH excluding ortho intramolecular Hbond substituents is 1. The Labute approximate surface area is 159 Å². The smallest absolute Gasteiger partial charge is 0.162 e. The summed E-state index contributed by atoms with van der Waals surface area (Å²) in [6, 6.07) is 13.5. The Morgan fingerprint density at radius 2 is 1.85 bits per heavy atom.